The second kappa shape index (κ2) is 8.89. The summed E-state index contributed by atoms with van der Waals surface area (Å²) in [5, 5.41) is 5.99. The average molecular weight is 422 g/mol. The normalized spacial score (nSPS) is 20.4. The maximum atomic E-state index is 6.24. The summed E-state index contributed by atoms with van der Waals surface area (Å²) in [7, 11) is 3.87. The highest BCUT2D eigenvalue weighted by molar-refractivity contribution is 6.08. The number of nitrogens with zero attached hydrogens (tertiary/aromatic N) is 2. The highest BCUT2D eigenvalue weighted by Gasteiger charge is 2.22. The SMILES string of the molecule is COc1cc2c(NC3CCOCC3)c3ccccc3nc2cc1OCC1CCN(C)C1. The van der Waals surface area contributed by atoms with Gasteiger partial charge < -0.3 is 24.4 Å². The maximum Gasteiger partial charge on any atom is 0.163 e. The number of para-hydroxylation sites is 1. The number of benzene rings is 2. The highest BCUT2D eigenvalue weighted by atomic mass is 16.5. The summed E-state index contributed by atoms with van der Waals surface area (Å²) in [6.45, 7) is 4.52. The lowest BCUT2D eigenvalue weighted by Crippen LogP contribution is -2.28. The molecule has 0 radical (unpaired) electrons. The quantitative estimate of drug-likeness (QED) is 0.599. The Hall–Kier alpha value is -2.57. The van der Waals surface area contributed by atoms with Gasteiger partial charge in [0, 0.05) is 48.6 Å². The Morgan fingerprint density at radius 2 is 1.90 bits per heavy atom. The van der Waals surface area contributed by atoms with Gasteiger partial charge in [0.15, 0.2) is 11.5 Å². The molecule has 0 amide bonds. The molecule has 0 bridgehead atoms. The number of nitrogens with one attached hydrogen (secondary N) is 1. The van der Waals surface area contributed by atoms with Crippen LogP contribution in [0, 0.1) is 5.92 Å². The second-order valence-corrected chi connectivity index (χ2v) is 8.78. The fraction of sp³-hybridized carbons (Fsp3) is 0.480. The van der Waals surface area contributed by atoms with E-state index in [2.05, 4.69) is 41.5 Å². The number of rotatable bonds is 6. The van der Waals surface area contributed by atoms with Crippen LogP contribution in [0.3, 0.4) is 0 Å². The van der Waals surface area contributed by atoms with Crippen LogP contribution in [0.15, 0.2) is 36.4 Å². The van der Waals surface area contributed by atoms with Crippen molar-refractivity contribution in [2.24, 2.45) is 5.92 Å². The van der Waals surface area contributed by atoms with E-state index in [-0.39, 0.29) is 0 Å². The first kappa shape index (κ1) is 20.3. The molecule has 5 rings (SSSR count). The molecule has 1 N–H and O–H groups in total. The number of hydrogen-bond acceptors (Lipinski definition) is 6. The monoisotopic (exact) mass is 421 g/mol. The number of aromatic nitrogens is 1. The van der Waals surface area contributed by atoms with E-state index in [1.165, 1.54) is 6.42 Å². The summed E-state index contributed by atoms with van der Waals surface area (Å²) < 4.78 is 17.5. The molecule has 6 nitrogen and oxygen atoms in total. The Labute approximate surface area is 183 Å². The number of methoxy groups -OCH3 is 1. The lowest BCUT2D eigenvalue weighted by molar-refractivity contribution is 0.0905. The summed E-state index contributed by atoms with van der Waals surface area (Å²) in [6.07, 6.45) is 3.19. The van der Waals surface area contributed by atoms with Gasteiger partial charge >= 0.3 is 0 Å². The molecule has 0 aliphatic carbocycles. The van der Waals surface area contributed by atoms with Crippen molar-refractivity contribution in [2.75, 3.05) is 52.4 Å². The molecular formula is C25H31N3O3. The highest BCUT2D eigenvalue weighted by Crippen LogP contribution is 2.39. The summed E-state index contributed by atoms with van der Waals surface area (Å²) >= 11 is 0. The molecule has 6 heteroatoms. The second-order valence-electron chi connectivity index (χ2n) is 8.78. The molecule has 2 aliphatic heterocycles. The van der Waals surface area contributed by atoms with Crippen LogP contribution in [0.1, 0.15) is 19.3 Å². The number of ether oxygens (including phenoxy) is 3. The third-order valence-electron chi connectivity index (χ3n) is 6.50. The zero-order chi connectivity index (χ0) is 21.2. The minimum atomic E-state index is 0.393. The zero-order valence-electron chi connectivity index (χ0n) is 18.4. The molecule has 2 fully saturated rings. The molecule has 2 aliphatic rings. The maximum absolute atomic E-state index is 6.24. The summed E-state index contributed by atoms with van der Waals surface area (Å²) in [5.41, 5.74) is 3.03. The number of hydrogen-bond donors (Lipinski definition) is 1. The molecule has 164 valence electrons. The molecule has 2 saturated heterocycles. The molecule has 0 saturated carbocycles. The first-order valence-corrected chi connectivity index (χ1v) is 11.3. The Morgan fingerprint density at radius 1 is 1.06 bits per heavy atom. The standard InChI is InChI=1S/C25H31N3O3/c1-28-10-7-17(15-28)16-31-24-14-22-20(13-23(24)29-2)25(26-18-8-11-30-12-9-18)19-5-3-4-6-21(19)27-22/h3-6,13-14,17-18H,7-12,15-16H2,1-2H3,(H,26,27). The molecule has 2 aromatic carbocycles. The fourth-order valence-corrected chi connectivity index (χ4v) is 4.74. The van der Waals surface area contributed by atoms with Crippen LogP contribution in [0.5, 0.6) is 11.5 Å². The van der Waals surface area contributed by atoms with Crippen molar-refractivity contribution < 1.29 is 14.2 Å². The van der Waals surface area contributed by atoms with Gasteiger partial charge in [-0.3, -0.25) is 0 Å². The van der Waals surface area contributed by atoms with Gasteiger partial charge in [0.25, 0.3) is 0 Å². The molecule has 31 heavy (non-hydrogen) atoms. The van der Waals surface area contributed by atoms with Gasteiger partial charge in [-0.25, -0.2) is 4.98 Å². The third kappa shape index (κ3) is 4.27. The third-order valence-corrected chi connectivity index (χ3v) is 6.50. The van der Waals surface area contributed by atoms with Crippen LogP contribution < -0.4 is 14.8 Å². The smallest absolute Gasteiger partial charge is 0.163 e. The van der Waals surface area contributed by atoms with Crippen molar-refractivity contribution in [1.29, 1.82) is 0 Å². The van der Waals surface area contributed by atoms with Gasteiger partial charge in [-0.1, -0.05) is 18.2 Å². The first-order chi connectivity index (χ1) is 15.2. The van der Waals surface area contributed by atoms with E-state index in [1.807, 2.05) is 12.1 Å². The average Bonchev–Trinajstić information content (AvgIpc) is 3.22. The minimum absolute atomic E-state index is 0.393. The van der Waals surface area contributed by atoms with Crippen molar-refractivity contribution in [3.8, 4) is 11.5 Å². The minimum Gasteiger partial charge on any atom is -0.493 e. The fourth-order valence-electron chi connectivity index (χ4n) is 4.74. The van der Waals surface area contributed by atoms with Crippen molar-refractivity contribution in [3.05, 3.63) is 36.4 Å². The van der Waals surface area contributed by atoms with Crippen molar-refractivity contribution in [1.82, 2.24) is 9.88 Å². The van der Waals surface area contributed by atoms with Gasteiger partial charge in [0.2, 0.25) is 0 Å². The molecule has 1 aromatic heterocycles. The molecule has 3 heterocycles. The van der Waals surface area contributed by atoms with E-state index in [1.54, 1.807) is 7.11 Å². The zero-order valence-corrected chi connectivity index (χ0v) is 18.4. The summed E-state index contributed by atoms with van der Waals surface area (Å²) in [4.78, 5) is 7.31. The Balaban J connectivity index is 1.53. The molecule has 0 spiro atoms. The van der Waals surface area contributed by atoms with E-state index in [0.29, 0.717) is 18.6 Å². The van der Waals surface area contributed by atoms with E-state index >= 15 is 0 Å². The van der Waals surface area contributed by atoms with Gasteiger partial charge in [-0.15, -0.1) is 0 Å². The van der Waals surface area contributed by atoms with E-state index in [4.69, 9.17) is 19.2 Å². The lowest BCUT2D eigenvalue weighted by atomic mass is 10.0. The van der Waals surface area contributed by atoms with Crippen LogP contribution in [0.25, 0.3) is 21.8 Å². The van der Waals surface area contributed by atoms with Gasteiger partial charge in [-0.2, -0.15) is 0 Å². The van der Waals surface area contributed by atoms with Gasteiger partial charge in [-0.05, 0) is 45.0 Å². The van der Waals surface area contributed by atoms with Crippen LogP contribution in [-0.4, -0.2) is 63.0 Å². The van der Waals surface area contributed by atoms with Gasteiger partial charge in [0.1, 0.15) is 0 Å². The Bertz CT molecular complexity index is 1060. The molecule has 3 aromatic rings. The lowest BCUT2D eigenvalue weighted by Gasteiger charge is -2.26. The van der Waals surface area contributed by atoms with Crippen LogP contribution >= 0.6 is 0 Å². The van der Waals surface area contributed by atoms with Crippen LogP contribution in [0.4, 0.5) is 5.69 Å². The number of anilines is 1. The largest absolute Gasteiger partial charge is 0.493 e. The van der Waals surface area contributed by atoms with Crippen molar-refractivity contribution >= 4 is 27.5 Å². The predicted molar refractivity (Wildman–Crippen MR) is 124 cm³/mol. The first-order valence-electron chi connectivity index (χ1n) is 11.3. The molecular weight excluding hydrogens is 390 g/mol. The summed E-state index contributed by atoms with van der Waals surface area (Å²) in [6, 6.07) is 12.8. The Kier molecular flexibility index (Phi) is 5.83. The number of likely N-dealkylation sites (tertiary alicyclic amines) is 1. The number of pyridine rings is 1. The van der Waals surface area contributed by atoms with E-state index in [0.717, 1.165) is 78.1 Å². The van der Waals surface area contributed by atoms with Crippen molar-refractivity contribution in [2.45, 2.75) is 25.3 Å². The summed E-state index contributed by atoms with van der Waals surface area (Å²) in [5.74, 6) is 2.08. The molecule has 1 atom stereocenters. The number of fused-ring (bicyclic) bond motifs is 2. The van der Waals surface area contributed by atoms with Crippen LogP contribution in [-0.2, 0) is 4.74 Å². The molecule has 1 unspecified atom stereocenters. The predicted octanol–water partition coefficient (Wildman–Crippen LogP) is 4.32. The van der Waals surface area contributed by atoms with Gasteiger partial charge in [0.05, 0.1) is 30.4 Å². The van der Waals surface area contributed by atoms with E-state index < -0.39 is 0 Å². The van der Waals surface area contributed by atoms with Crippen LogP contribution in [0.2, 0.25) is 0 Å². The van der Waals surface area contributed by atoms with Crippen molar-refractivity contribution in [3.63, 3.8) is 0 Å². The Morgan fingerprint density at radius 3 is 2.68 bits per heavy atom. The topological polar surface area (TPSA) is 55.9 Å². The van der Waals surface area contributed by atoms with E-state index in [9.17, 15) is 0 Å².